The number of carboxylic acid groups (broad SMARTS) is 1. The summed E-state index contributed by atoms with van der Waals surface area (Å²) in [7, 11) is 0. The third-order valence-corrected chi connectivity index (χ3v) is 6.98. The zero-order valence-electron chi connectivity index (χ0n) is 21.4. The minimum Gasteiger partial charge on any atom is -0.478 e. The number of carbonyl (C=O) groups excluding carboxylic acids is 1. The normalized spacial score (nSPS) is 12.3. The van der Waals surface area contributed by atoms with E-state index in [1.165, 1.54) is 18.2 Å². The summed E-state index contributed by atoms with van der Waals surface area (Å²) in [6, 6.07) is 24.0. The summed E-state index contributed by atoms with van der Waals surface area (Å²) in [5, 5.41) is 13.0. The molecule has 1 unspecified atom stereocenters. The van der Waals surface area contributed by atoms with Gasteiger partial charge in [-0.1, -0.05) is 72.3 Å². The van der Waals surface area contributed by atoms with Gasteiger partial charge in [-0.15, -0.1) is 0 Å². The molecule has 4 aromatic carbocycles. The van der Waals surface area contributed by atoms with E-state index in [9.17, 15) is 27.9 Å². The summed E-state index contributed by atoms with van der Waals surface area (Å²) in [6.07, 6.45) is -5.87. The Balaban J connectivity index is 1.52. The summed E-state index contributed by atoms with van der Waals surface area (Å²) in [6.45, 7) is 0. The monoisotopic (exact) mass is 577 g/mol. The zero-order chi connectivity index (χ0) is 29.1. The van der Waals surface area contributed by atoms with Gasteiger partial charge >= 0.3 is 12.1 Å². The molecule has 0 aliphatic rings. The number of imidazole rings is 1. The number of aromatic amines is 1. The molecule has 6 nitrogen and oxygen atoms in total. The lowest BCUT2D eigenvalue weighted by Crippen LogP contribution is -2.29. The van der Waals surface area contributed by atoms with E-state index in [1.807, 2.05) is 24.3 Å². The molecule has 0 bridgehead atoms. The average Bonchev–Trinajstić information content (AvgIpc) is 3.39. The number of aromatic nitrogens is 2. The fourth-order valence-electron chi connectivity index (χ4n) is 4.71. The van der Waals surface area contributed by atoms with Crippen LogP contribution in [0.5, 0.6) is 0 Å². The van der Waals surface area contributed by atoms with Crippen molar-refractivity contribution in [1.29, 1.82) is 0 Å². The van der Waals surface area contributed by atoms with Crippen molar-refractivity contribution in [1.82, 2.24) is 15.3 Å². The number of para-hydroxylation sites is 2. The van der Waals surface area contributed by atoms with Crippen molar-refractivity contribution in [3.63, 3.8) is 0 Å². The molecule has 3 N–H and O–H groups in total. The highest BCUT2D eigenvalue weighted by Crippen LogP contribution is 2.39. The number of hydrogen-bond acceptors (Lipinski definition) is 3. The number of nitrogens with zero attached hydrogens (tertiary/aromatic N) is 1. The van der Waals surface area contributed by atoms with E-state index in [-0.39, 0.29) is 28.1 Å². The van der Waals surface area contributed by atoms with Crippen molar-refractivity contribution in [3.05, 3.63) is 113 Å². The van der Waals surface area contributed by atoms with Gasteiger partial charge in [-0.3, -0.25) is 4.79 Å². The first-order valence-electron chi connectivity index (χ1n) is 12.6. The van der Waals surface area contributed by atoms with E-state index in [1.54, 1.807) is 48.5 Å². The number of aromatic carboxylic acids is 1. The topological polar surface area (TPSA) is 95.1 Å². The van der Waals surface area contributed by atoms with Gasteiger partial charge in [0.25, 0.3) is 5.91 Å². The van der Waals surface area contributed by atoms with Gasteiger partial charge in [0.2, 0.25) is 0 Å². The molecule has 0 aliphatic heterocycles. The molecule has 0 radical (unpaired) electrons. The van der Waals surface area contributed by atoms with Gasteiger partial charge in [-0.25, -0.2) is 9.78 Å². The van der Waals surface area contributed by atoms with Gasteiger partial charge in [0.15, 0.2) is 0 Å². The number of alkyl halides is 3. The zero-order valence-corrected chi connectivity index (χ0v) is 22.1. The molecule has 41 heavy (non-hydrogen) atoms. The van der Waals surface area contributed by atoms with Crippen LogP contribution in [0.3, 0.4) is 0 Å². The second kappa shape index (κ2) is 11.5. The first-order valence-corrected chi connectivity index (χ1v) is 13.0. The Morgan fingerprint density at radius 1 is 0.927 bits per heavy atom. The Hall–Kier alpha value is -4.63. The quantitative estimate of drug-likeness (QED) is 0.174. The molecular weight excluding hydrogens is 555 g/mol. The molecule has 0 saturated carbocycles. The number of carbonyl (C=O) groups is 2. The van der Waals surface area contributed by atoms with Gasteiger partial charge in [0.05, 0.1) is 22.6 Å². The van der Waals surface area contributed by atoms with Crippen LogP contribution in [0.4, 0.5) is 13.2 Å². The van der Waals surface area contributed by atoms with Crippen LogP contribution in [0, 0.1) is 0 Å². The Bertz CT molecular complexity index is 1700. The molecule has 0 spiro atoms. The van der Waals surface area contributed by atoms with Crippen LogP contribution >= 0.6 is 11.6 Å². The lowest BCUT2D eigenvalue weighted by Gasteiger charge is -2.21. The number of carboxylic acids is 1. The van der Waals surface area contributed by atoms with Crippen molar-refractivity contribution in [2.75, 3.05) is 0 Å². The highest BCUT2D eigenvalue weighted by Gasteiger charge is 2.30. The molecule has 0 fully saturated rings. The Labute approximate surface area is 237 Å². The molecule has 0 aliphatic carbocycles. The second-order valence-electron chi connectivity index (χ2n) is 9.42. The second-order valence-corrected chi connectivity index (χ2v) is 9.83. The molecule has 208 valence electrons. The van der Waals surface area contributed by atoms with Crippen molar-refractivity contribution in [2.45, 2.75) is 25.1 Å². The first kappa shape index (κ1) is 27.9. The summed E-state index contributed by atoms with van der Waals surface area (Å²) in [5.41, 5.74) is 3.02. The maximum absolute atomic E-state index is 13.2. The van der Waals surface area contributed by atoms with E-state index in [0.717, 1.165) is 11.0 Å². The Kier molecular flexibility index (Phi) is 7.81. The summed E-state index contributed by atoms with van der Waals surface area (Å²) >= 11 is 6.59. The van der Waals surface area contributed by atoms with E-state index < -0.39 is 30.5 Å². The number of nitrogens with one attached hydrogen (secondary N) is 2. The summed E-state index contributed by atoms with van der Waals surface area (Å²) < 4.78 is 39.0. The molecule has 1 amide bonds. The van der Waals surface area contributed by atoms with Crippen LogP contribution in [0.2, 0.25) is 5.02 Å². The smallest absolute Gasteiger partial charge is 0.389 e. The number of amides is 1. The van der Waals surface area contributed by atoms with E-state index in [0.29, 0.717) is 22.5 Å². The standard InChI is InChI=1S/C31H23ClF3N3O3/c32-23-10-6-9-21(28-36-25-11-4-5-12-26(25)37-28)27(23)20-14-13-19(17-22(20)30(40)41)29(39)38-24(15-16-31(33,34)35)18-7-2-1-3-8-18/h1-14,17,24H,15-16H2,(H,36,37)(H,38,39)(H,40,41). The summed E-state index contributed by atoms with van der Waals surface area (Å²) in [4.78, 5) is 33.5. The van der Waals surface area contributed by atoms with Crippen molar-refractivity contribution in [3.8, 4) is 22.5 Å². The number of benzene rings is 4. The average molecular weight is 578 g/mol. The lowest BCUT2D eigenvalue weighted by atomic mass is 9.93. The fourth-order valence-corrected chi connectivity index (χ4v) is 4.99. The van der Waals surface area contributed by atoms with Crippen molar-refractivity contribution in [2.24, 2.45) is 0 Å². The molecule has 1 heterocycles. The van der Waals surface area contributed by atoms with Gasteiger partial charge in [-0.05, 0) is 47.9 Å². The van der Waals surface area contributed by atoms with Crippen molar-refractivity contribution < 1.29 is 27.9 Å². The van der Waals surface area contributed by atoms with Gasteiger partial charge in [0.1, 0.15) is 5.82 Å². The third kappa shape index (κ3) is 6.25. The van der Waals surface area contributed by atoms with Gasteiger partial charge < -0.3 is 15.4 Å². The SMILES string of the molecule is O=C(NC(CCC(F)(F)F)c1ccccc1)c1ccc(-c2c(Cl)cccc2-c2nc3ccccc3[nH]2)c(C(=O)O)c1. The molecule has 1 atom stereocenters. The number of rotatable bonds is 8. The van der Waals surface area contributed by atoms with Gasteiger partial charge in [-0.2, -0.15) is 13.2 Å². The summed E-state index contributed by atoms with van der Waals surface area (Å²) in [5.74, 6) is -1.52. The molecule has 1 aromatic heterocycles. The minimum absolute atomic E-state index is 0.0172. The van der Waals surface area contributed by atoms with Crippen LogP contribution < -0.4 is 5.32 Å². The highest BCUT2D eigenvalue weighted by molar-refractivity contribution is 6.34. The molecule has 0 saturated heterocycles. The Morgan fingerprint density at radius 2 is 1.66 bits per heavy atom. The minimum atomic E-state index is -4.40. The van der Waals surface area contributed by atoms with E-state index in [2.05, 4.69) is 15.3 Å². The van der Waals surface area contributed by atoms with Crippen LogP contribution in [0.15, 0.2) is 91.0 Å². The van der Waals surface area contributed by atoms with Gasteiger partial charge in [0, 0.05) is 28.1 Å². The number of fused-ring (bicyclic) bond motifs is 1. The maximum Gasteiger partial charge on any atom is 0.389 e. The fraction of sp³-hybridized carbons (Fsp3) is 0.129. The first-order chi connectivity index (χ1) is 19.6. The number of hydrogen-bond donors (Lipinski definition) is 3. The number of halogens is 4. The predicted molar refractivity (Wildman–Crippen MR) is 151 cm³/mol. The van der Waals surface area contributed by atoms with Crippen LogP contribution in [0.1, 0.15) is 45.2 Å². The third-order valence-electron chi connectivity index (χ3n) is 6.66. The molecule has 5 aromatic rings. The van der Waals surface area contributed by atoms with E-state index >= 15 is 0 Å². The molecule has 10 heteroatoms. The molecule has 5 rings (SSSR count). The Morgan fingerprint density at radius 3 is 2.37 bits per heavy atom. The highest BCUT2D eigenvalue weighted by atomic mass is 35.5. The molecular formula is C31H23ClF3N3O3. The lowest BCUT2D eigenvalue weighted by molar-refractivity contribution is -0.136. The maximum atomic E-state index is 13.2. The van der Waals surface area contributed by atoms with Crippen LogP contribution in [-0.2, 0) is 0 Å². The number of H-pyrrole nitrogens is 1. The van der Waals surface area contributed by atoms with E-state index in [4.69, 9.17) is 11.6 Å². The van der Waals surface area contributed by atoms with Crippen molar-refractivity contribution >= 4 is 34.5 Å². The predicted octanol–water partition coefficient (Wildman–Crippen LogP) is 8.06. The largest absolute Gasteiger partial charge is 0.478 e. The van der Waals surface area contributed by atoms with Crippen LogP contribution in [0.25, 0.3) is 33.5 Å². The van der Waals surface area contributed by atoms with Crippen LogP contribution in [-0.4, -0.2) is 33.1 Å².